The second kappa shape index (κ2) is 5.98. The van der Waals surface area contributed by atoms with Crippen molar-refractivity contribution in [1.29, 1.82) is 0 Å². The Labute approximate surface area is 103 Å². The molecule has 88 valence electrons. The zero-order valence-electron chi connectivity index (χ0n) is 7.80. The molecule has 0 aromatic heterocycles. The highest BCUT2D eigenvalue weighted by molar-refractivity contribution is 14.1. The third-order valence-corrected chi connectivity index (χ3v) is 3.30. The molecule has 0 N–H and O–H groups in total. The van der Waals surface area contributed by atoms with Crippen molar-refractivity contribution in [2.75, 3.05) is 6.54 Å². The van der Waals surface area contributed by atoms with Gasteiger partial charge in [0.15, 0.2) is 6.04 Å². The number of nitrogens with zero attached hydrogens (tertiary/aromatic N) is 4. The Morgan fingerprint density at radius 1 is 0.938 bits per heavy atom. The fourth-order valence-corrected chi connectivity index (χ4v) is 2.43. The SMILES string of the molecule is O=NCC1OC(I)[C@H](N=O)C(N=O)[C@@H]1N=O. The van der Waals surface area contributed by atoms with Crippen LogP contribution in [0.3, 0.4) is 0 Å². The van der Waals surface area contributed by atoms with Crippen LogP contribution >= 0.6 is 22.6 Å². The van der Waals surface area contributed by atoms with Gasteiger partial charge in [-0.1, -0.05) is 20.7 Å². The van der Waals surface area contributed by atoms with Gasteiger partial charge < -0.3 is 4.74 Å². The monoisotopic (exact) mass is 342 g/mol. The van der Waals surface area contributed by atoms with Crippen LogP contribution in [0.2, 0.25) is 0 Å². The minimum absolute atomic E-state index is 0.326. The van der Waals surface area contributed by atoms with E-state index in [1.54, 1.807) is 22.6 Å². The minimum Gasteiger partial charge on any atom is -0.358 e. The topological polar surface area (TPSA) is 127 Å². The van der Waals surface area contributed by atoms with Crippen molar-refractivity contribution in [1.82, 2.24) is 0 Å². The first-order chi connectivity index (χ1) is 7.69. The Balaban J connectivity index is 2.95. The maximum Gasteiger partial charge on any atom is 0.155 e. The first kappa shape index (κ1) is 13.2. The quantitative estimate of drug-likeness (QED) is 0.423. The molecular weight excluding hydrogens is 335 g/mol. The molecule has 10 heteroatoms. The Hall–Kier alpha value is -0.910. The summed E-state index contributed by atoms with van der Waals surface area (Å²) in [5.74, 6) is 0. The van der Waals surface area contributed by atoms with E-state index in [2.05, 4.69) is 20.7 Å². The molecule has 1 heterocycles. The third kappa shape index (κ3) is 2.42. The zero-order chi connectivity index (χ0) is 12.1. The van der Waals surface area contributed by atoms with Crippen molar-refractivity contribution in [3.63, 3.8) is 0 Å². The summed E-state index contributed by atoms with van der Waals surface area (Å²) in [4.78, 5) is 41.8. The van der Waals surface area contributed by atoms with E-state index < -0.39 is 28.3 Å². The molecule has 16 heavy (non-hydrogen) atoms. The standard InChI is InChI=1S/C6H7IN4O5/c7-6-5(11-15)4(10-14)3(9-13)2(16-6)1-8-12/h2-6H,1H2/t2?,3-,4?,5-,6?/m1/s1. The van der Waals surface area contributed by atoms with Gasteiger partial charge in [-0.05, 0) is 22.6 Å². The molecule has 9 nitrogen and oxygen atoms in total. The van der Waals surface area contributed by atoms with Crippen LogP contribution in [0.15, 0.2) is 20.7 Å². The van der Waals surface area contributed by atoms with Gasteiger partial charge in [0.25, 0.3) is 0 Å². The largest absolute Gasteiger partial charge is 0.358 e. The normalized spacial score (nSPS) is 38.7. The lowest BCUT2D eigenvalue weighted by Gasteiger charge is -2.34. The van der Waals surface area contributed by atoms with Crippen molar-refractivity contribution >= 4 is 22.6 Å². The van der Waals surface area contributed by atoms with Crippen molar-refractivity contribution in [2.24, 2.45) is 20.7 Å². The molecule has 1 aliphatic heterocycles. The molecule has 1 saturated heterocycles. The van der Waals surface area contributed by atoms with E-state index in [4.69, 9.17) is 4.74 Å². The summed E-state index contributed by atoms with van der Waals surface area (Å²) in [7, 11) is 0. The molecule has 0 aromatic carbocycles. The van der Waals surface area contributed by atoms with Gasteiger partial charge in [-0.15, -0.1) is 0 Å². The van der Waals surface area contributed by atoms with Crippen LogP contribution < -0.4 is 0 Å². The van der Waals surface area contributed by atoms with E-state index in [0.29, 0.717) is 0 Å². The third-order valence-electron chi connectivity index (χ3n) is 2.27. The maximum atomic E-state index is 10.6. The lowest BCUT2D eigenvalue weighted by molar-refractivity contribution is -0.0223. The van der Waals surface area contributed by atoms with Crippen LogP contribution in [0.4, 0.5) is 0 Å². The summed E-state index contributed by atoms with van der Waals surface area (Å²) in [6, 6.07) is -3.50. The first-order valence-electron chi connectivity index (χ1n) is 4.25. The first-order valence-corrected chi connectivity index (χ1v) is 5.50. The van der Waals surface area contributed by atoms with E-state index in [0.717, 1.165) is 0 Å². The van der Waals surface area contributed by atoms with E-state index in [1.165, 1.54) is 0 Å². The van der Waals surface area contributed by atoms with E-state index >= 15 is 0 Å². The molecule has 1 aliphatic rings. The molecular formula is C6H7IN4O5. The Kier molecular flexibility index (Phi) is 4.92. The second-order valence-electron chi connectivity index (χ2n) is 3.13. The lowest BCUT2D eigenvalue weighted by atomic mass is 9.94. The molecule has 0 spiro atoms. The highest BCUT2D eigenvalue weighted by atomic mass is 127. The van der Waals surface area contributed by atoms with Crippen LogP contribution in [0, 0.1) is 19.6 Å². The second-order valence-corrected chi connectivity index (χ2v) is 4.35. The maximum absolute atomic E-state index is 10.6. The molecule has 3 unspecified atom stereocenters. The lowest BCUT2D eigenvalue weighted by Crippen LogP contribution is -2.54. The number of hydrogen-bond acceptors (Lipinski definition) is 9. The molecule has 0 radical (unpaired) electrons. The summed E-state index contributed by atoms with van der Waals surface area (Å²) >= 11 is 1.74. The average molecular weight is 342 g/mol. The van der Waals surface area contributed by atoms with Gasteiger partial charge in [0.1, 0.15) is 28.8 Å². The fraction of sp³-hybridized carbons (Fsp3) is 1.00. The molecule has 1 fully saturated rings. The number of alkyl halides is 1. The summed E-state index contributed by atoms with van der Waals surface area (Å²) in [6.45, 7) is -0.326. The highest BCUT2D eigenvalue weighted by Gasteiger charge is 2.48. The number of hydrogen-bond donors (Lipinski definition) is 0. The highest BCUT2D eigenvalue weighted by Crippen LogP contribution is 2.31. The molecule has 5 atom stereocenters. The van der Waals surface area contributed by atoms with Crippen molar-refractivity contribution in [2.45, 2.75) is 28.3 Å². The predicted octanol–water partition coefficient (Wildman–Crippen LogP) is 1.32. The molecule has 0 saturated carbocycles. The number of ether oxygens (including phenoxy) is 1. The summed E-state index contributed by atoms with van der Waals surface area (Å²) in [5, 5.41) is 10.6. The van der Waals surface area contributed by atoms with E-state index in [9.17, 15) is 19.6 Å². The Morgan fingerprint density at radius 3 is 1.94 bits per heavy atom. The van der Waals surface area contributed by atoms with Crippen molar-refractivity contribution in [3.05, 3.63) is 19.6 Å². The minimum atomic E-state index is -1.21. The smallest absolute Gasteiger partial charge is 0.155 e. The fourth-order valence-electron chi connectivity index (χ4n) is 1.49. The van der Waals surface area contributed by atoms with Gasteiger partial charge in [-0.2, -0.15) is 19.6 Å². The Bertz CT molecular complexity index is 303. The summed E-state index contributed by atoms with van der Waals surface area (Å²) in [6.07, 6.45) is -0.933. The van der Waals surface area contributed by atoms with E-state index in [-0.39, 0.29) is 6.54 Å². The zero-order valence-corrected chi connectivity index (χ0v) is 9.96. The van der Waals surface area contributed by atoms with Crippen molar-refractivity contribution in [3.8, 4) is 0 Å². The van der Waals surface area contributed by atoms with Crippen molar-refractivity contribution < 1.29 is 4.74 Å². The van der Waals surface area contributed by atoms with Crippen LogP contribution in [-0.4, -0.2) is 34.9 Å². The van der Waals surface area contributed by atoms with Gasteiger partial charge in [-0.3, -0.25) is 0 Å². The van der Waals surface area contributed by atoms with Crippen LogP contribution in [0.1, 0.15) is 0 Å². The van der Waals surface area contributed by atoms with E-state index in [1.807, 2.05) is 0 Å². The molecule has 0 bridgehead atoms. The number of rotatable bonds is 5. The average Bonchev–Trinajstić information content (AvgIpc) is 2.28. The van der Waals surface area contributed by atoms with Gasteiger partial charge in [0.2, 0.25) is 0 Å². The van der Waals surface area contributed by atoms with Gasteiger partial charge in [0, 0.05) is 0 Å². The Morgan fingerprint density at radius 2 is 1.50 bits per heavy atom. The number of nitroso groups, excluding NO2 is 4. The molecule has 0 aromatic rings. The summed E-state index contributed by atoms with van der Waals surface area (Å²) in [5.41, 5.74) is 0. The molecule has 1 rings (SSSR count). The molecule has 0 amide bonds. The molecule has 0 aliphatic carbocycles. The predicted molar refractivity (Wildman–Crippen MR) is 62.1 cm³/mol. The van der Waals surface area contributed by atoms with Gasteiger partial charge >= 0.3 is 0 Å². The van der Waals surface area contributed by atoms with Gasteiger partial charge in [-0.25, -0.2) is 0 Å². The van der Waals surface area contributed by atoms with Crippen LogP contribution in [0.5, 0.6) is 0 Å². The summed E-state index contributed by atoms with van der Waals surface area (Å²) < 4.78 is 4.44. The van der Waals surface area contributed by atoms with Crippen LogP contribution in [-0.2, 0) is 4.74 Å². The van der Waals surface area contributed by atoms with Crippen LogP contribution in [0.25, 0.3) is 0 Å². The number of halogens is 1. The van der Waals surface area contributed by atoms with Gasteiger partial charge in [0.05, 0.1) is 0 Å².